The van der Waals surface area contributed by atoms with Gasteiger partial charge in [-0.25, -0.2) is 0 Å². The van der Waals surface area contributed by atoms with Gasteiger partial charge >= 0.3 is 0 Å². The molecule has 0 bridgehead atoms. The molecule has 2 saturated heterocycles. The summed E-state index contributed by atoms with van der Waals surface area (Å²) in [7, 11) is 0. The van der Waals surface area contributed by atoms with Crippen molar-refractivity contribution in [3.8, 4) is 0 Å². The van der Waals surface area contributed by atoms with Gasteiger partial charge in [-0.2, -0.15) is 0 Å². The molecule has 7 rings (SSSR count). The van der Waals surface area contributed by atoms with Gasteiger partial charge in [-0.1, -0.05) is 53.2 Å². The standard InChI is InChI=1S/C33H53NO2/c1-8-30-20-31-19-28(31,6)33(22(4)29(7)32(9-2,36-33)17-21(3)18-34-29)15-13-26(31)25(30)11-10-23-16-24(35)12-14-27(23,30)5/h16,21-22,24-26,34-35H,8-15,17-20H2,1-7H3/t21-,22+,24-,25?,26?,27-,28?,29?,30?,31?,32+,33+/m0/s1. The van der Waals surface area contributed by atoms with Crippen molar-refractivity contribution >= 4 is 0 Å². The summed E-state index contributed by atoms with van der Waals surface area (Å²) in [6, 6.07) is 0. The lowest BCUT2D eigenvalue weighted by Gasteiger charge is -2.58. The van der Waals surface area contributed by atoms with Crippen molar-refractivity contribution in [2.24, 2.45) is 45.3 Å². The molecular formula is C33H53NO2. The number of fused-ring (bicyclic) bond motifs is 6. The Kier molecular flexibility index (Phi) is 4.81. The lowest BCUT2D eigenvalue weighted by atomic mass is 9.47. The van der Waals surface area contributed by atoms with Crippen molar-refractivity contribution in [2.75, 3.05) is 6.54 Å². The van der Waals surface area contributed by atoms with Crippen LogP contribution >= 0.6 is 0 Å². The summed E-state index contributed by atoms with van der Waals surface area (Å²) >= 11 is 0. The second-order valence-corrected chi connectivity index (χ2v) is 15.7. The van der Waals surface area contributed by atoms with E-state index in [1.807, 2.05) is 0 Å². The first-order valence-corrected chi connectivity index (χ1v) is 15.8. The SMILES string of the molecule is CCC12CC34CC3(C)[C@]3(CCC4C1CCC1=C[C@@H](O)CC[C@@]12C)O[C@]1(CC)C[C@H](C)CNC1(C)[C@H]3C. The fraction of sp³-hybridized carbons (Fsp3) is 0.939. The Morgan fingerprint density at radius 1 is 1.00 bits per heavy atom. The zero-order valence-corrected chi connectivity index (χ0v) is 24.3. The highest BCUT2D eigenvalue weighted by molar-refractivity contribution is 5.40. The maximum Gasteiger partial charge on any atom is 0.0872 e. The summed E-state index contributed by atoms with van der Waals surface area (Å²) in [6.45, 7) is 18.9. The van der Waals surface area contributed by atoms with Gasteiger partial charge in [0, 0.05) is 16.9 Å². The minimum Gasteiger partial charge on any atom is -0.389 e. The molecule has 2 aliphatic heterocycles. The first-order chi connectivity index (χ1) is 16.9. The van der Waals surface area contributed by atoms with Crippen molar-refractivity contribution < 1.29 is 9.84 Å². The van der Waals surface area contributed by atoms with Gasteiger partial charge in [0.2, 0.25) is 0 Å². The van der Waals surface area contributed by atoms with Gasteiger partial charge in [-0.3, -0.25) is 0 Å². The van der Waals surface area contributed by atoms with Crippen molar-refractivity contribution in [1.82, 2.24) is 5.32 Å². The Hall–Kier alpha value is -0.380. The highest BCUT2D eigenvalue weighted by Crippen LogP contribution is 2.90. The van der Waals surface area contributed by atoms with Crippen LogP contribution in [0.1, 0.15) is 119 Å². The van der Waals surface area contributed by atoms with E-state index in [1.54, 1.807) is 5.57 Å². The average Bonchev–Trinajstić information content (AvgIpc) is 3.29. The molecule has 12 atom stereocenters. The summed E-state index contributed by atoms with van der Waals surface area (Å²) in [5.41, 5.74) is 3.09. The van der Waals surface area contributed by atoms with Crippen LogP contribution in [-0.4, -0.2) is 34.5 Å². The molecule has 3 heteroatoms. The van der Waals surface area contributed by atoms with E-state index in [4.69, 9.17) is 4.74 Å². The second-order valence-electron chi connectivity index (χ2n) is 15.7. The van der Waals surface area contributed by atoms with Gasteiger partial charge in [-0.05, 0) is 118 Å². The van der Waals surface area contributed by atoms with E-state index in [1.165, 1.54) is 57.8 Å². The number of aliphatic hydroxyl groups excluding tert-OH is 1. The van der Waals surface area contributed by atoms with Crippen LogP contribution in [0.15, 0.2) is 11.6 Å². The quantitative estimate of drug-likeness (QED) is 0.404. The summed E-state index contributed by atoms with van der Waals surface area (Å²) in [5.74, 6) is 2.95. The van der Waals surface area contributed by atoms with Crippen molar-refractivity contribution in [2.45, 2.75) is 142 Å². The molecule has 4 saturated carbocycles. The predicted molar refractivity (Wildman–Crippen MR) is 146 cm³/mol. The van der Waals surface area contributed by atoms with Crippen LogP contribution in [0, 0.1) is 45.3 Å². The zero-order valence-electron chi connectivity index (χ0n) is 24.3. The van der Waals surface area contributed by atoms with Crippen LogP contribution in [0.5, 0.6) is 0 Å². The van der Waals surface area contributed by atoms with Crippen molar-refractivity contribution in [3.63, 3.8) is 0 Å². The molecule has 2 heterocycles. The summed E-state index contributed by atoms with van der Waals surface area (Å²) in [5, 5.41) is 14.6. The third-order valence-electron chi connectivity index (χ3n) is 15.4. The average molecular weight is 496 g/mol. The summed E-state index contributed by atoms with van der Waals surface area (Å²) in [4.78, 5) is 0. The van der Waals surface area contributed by atoms with Gasteiger partial charge in [0.25, 0.3) is 0 Å². The van der Waals surface area contributed by atoms with Gasteiger partial charge in [-0.15, -0.1) is 0 Å². The Labute approximate surface area is 220 Å². The summed E-state index contributed by atoms with van der Waals surface area (Å²) in [6.07, 6.45) is 15.8. The van der Waals surface area contributed by atoms with E-state index in [9.17, 15) is 5.11 Å². The molecule has 0 aromatic carbocycles. The van der Waals surface area contributed by atoms with Crippen LogP contribution in [-0.2, 0) is 4.74 Å². The van der Waals surface area contributed by atoms with Crippen LogP contribution in [0.25, 0.3) is 0 Å². The maximum atomic E-state index is 10.5. The Bertz CT molecular complexity index is 1010. The number of piperidine rings is 1. The second kappa shape index (κ2) is 7.03. The monoisotopic (exact) mass is 495 g/mol. The molecule has 2 N–H and O–H groups in total. The van der Waals surface area contributed by atoms with E-state index in [2.05, 4.69) is 59.9 Å². The number of nitrogens with one attached hydrogen (secondary N) is 1. The van der Waals surface area contributed by atoms with E-state index in [-0.39, 0.29) is 28.3 Å². The van der Waals surface area contributed by atoms with Gasteiger partial charge in [0.05, 0.1) is 17.3 Å². The van der Waals surface area contributed by atoms with Crippen molar-refractivity contribution in [3.05, 3.63) is 11.6 Å². The highest BCUT2D eigenvalue weighted by atomic mass is 16.5. The fourth-order valence-corrected chi connectivity index (χ4v) is 13.3. The smallest absolute Gasteiger partial charge is 0.0872 e. The third-order valence-corrected chi connectivity index (χ3v) is 15.4. The Morgan fingerprint density at radius 3 is 2.50 bits per heavy atom. The van der Waals surface area contributed by atoms with Crippen LogP contribution in [0.4, 0.5) is 0 Å². The van der Waals surface area contributed by atoms with Gasteiger partial charge in [0.1, 0.15) is 0 Å². The van der Waals surface area contributed by atoms with Crippen molar-refractivity contribution in [1.29, 1.82) is 0 Å². The van der Waals surface area contributed by atoms with E-state index in [0.717, 1.165) is 31.2 Å². The lowest BCUT2D eigenvalue weighted by molar-refractivity contribution is -0.190. The molecule has 6 unspecified atom stereocenters. The number of ether oxygens (including phenoxy) is 1. The molecule has 0 amide bonds. The number of hydrogen-bond donors (Lipinski definition) is 2. The molecule has 2 spiro atoms. The van der Waals surface area contributed by atoms with Crippen LogP contribution < -0.4 is 5.32 Å². The number of hydrogen-bond acceptors (Lipinski definition) is 3. The fourth-order valence-electron chi connectivity index (χ4n) is 13.3. The predicted octanol–water partition coefficient (Wildman–Crippen LogP) is 7.03. The number of rotatable bonds is 2. The first kappa shape index (κ1) is 24.6. The molecule has 202 valence electrons. The van der Waals surface area contributed by atoms with Crippen LogP contribution in [0.2, 0.25) is 0 Å². The minimum atomic E-state index is -0.216. The van der Waals surface area contributed by atoms with E-state index < -0.39 is 0 Å². The number of allylic oxidation sites excluding steroid dienone is 1. The molecule has 36 heavy (non-hydrogen) atoms. The van der Waals surface area contributed by atoms with E-state index >= 15 is 0 Å². The first-order valence-electron chi connectivity index (χ1n) is 15.8. The minimum absolute atomic E-state index is 0.01000. The molecule has 6 fully saturated rings. The topological polar surface area (TPSA) is 41.5 Å². The Balaban J connectivity index is 1.31. The van der Waals surface area contributed by atoms with Gasteiger partial charge < -0.3 is 15.2 Å². The molecule has 0 radical (unpaired) electrons. The molecule has 3 nitrogen and oxygen atoms in total. The van der Waals surface area contributed by atoms with Crippen LogP contribution in [0.3, 0.4) is 0 Å². The maximum absolute atomic E-state index is 10.5. The number of aliphatic hydroxyl groups is 1. The molecule has 5 aliphatic carbocycles. The lowest BCUT2D eigenvalue weighted by Crippen LogP contribution is -2.66. The largest absolute Gasteiger partial charge is 0.389 e. The van der Waals surface area contributed by atoms with E-state index in [0.29, 0.717) is 28.1 Å². The summed E-state index contributed by atoms with van der Waals surface area (Å²) < 4.78 is 7.74. The molecule has 0 aromatic rings. The Morgan fingerprint density at radius 2 is 1.78 bits per heavy atom. The third kappa shape index (κ3) is 2.34. The van der Waals surface area contributed by atoms with Gasteiger partial charge in [0.15, 0.2) is 0 Å². The zero-order chi connectivity index (χ0) is 25.6. The normalized spacial score (nSPS) is 63.1. The molecule has 0 aromatic heterocycles. The highest BCUT2D eigenvalue weighted by Gasteiger charge is 2.88. The molecular weight excluding hydrogens is 442 g/mol. The molecule has 7 aliphatic rings.